The number of rotatable bonds is 88. The second kappa shape index (κ2) is 91.8. The molecule has 5 unspecified atom stereocenters. The standard InChI is InChI=1S/C101H170O16P2/c1-4-7-10-13-16-19-22-25-28-31-34-37-40-42-43-44-45-46-47-48-49-50-51-53-56-57-60-63-66-69-72-75-78-81-84-87-99(104)111-90-96(102)91-113-118(107,108)114-92-97(103)93-115-119(109,110)116-95-98(117-101(106)89-86-83-80-77-74-71-68-65-62-59-54-39-36-33-30-27-24-21-18-15-12-9-6-3)94-112-100(105)88-85-82-79-76-73-70-67-64-61-58-55-52-41-38-35-32-29-26-23-20-17-14-11-8-5-2/h8-9,11-12,16-21,25-30,34-39,42-43,52,55,59,62,68,71,96-98,102-103H,4-7,10,13-15,22-24,31-33,40-41,44-51,53-54,56-58,60-61,63-67,69-70,72-95H2,1-3H3,(H,107,108)(H,109,110)/b11-8-,12-9-,19-16-,20-17-,21-18-,28-25-,29-26-,30-27-,37-34-,38-35-,39-36-,43-42-,55-52-,62-59-,71-68-. The summed E-state index contributed by atoms with van der Waals surface area (Å²) in [7, 11) is -9.83. The van der Waals surface area contributed by atoms with Crippen LogP contribution in [0.2, 0.25) is 0 Å². The van der Waals surface area contributed by atoms with E-state index in [4.69, 9.17) is 32.3 Å². The lowest BCUT2D eigenvalue weighted by Gasteiger charge is -2.21. The summed E-state index contributed by atoms with van der Waals surface area (Å²) in [6.45, 7) is 2.42. The maximum absolute atomic E-state index is 13.1. The predicted molar refractivity (Wildman–Crippen MR) is 500 cm³/mol. The predicted octanol–water partition coefficient (Wildman–Crippen LogP) is 29.2. The van der Waals surface area contributed by atoms with Crippen LogP contribution in [0.25, 0.3) is 0 Å². The Bertz CT molecular complexity index is 2890. The summed E-state index contributed by atoms with van der Waals surface area (Å²) in [6, 6.07) is 0. The number of aliphatic hydroxyl groups excluding tert-OH is 2. The van der Waals surface area contributed by atoms with Crippen molar-refractivity contribution in [1.82, 2.24) is 0 Å². The summed E-state index contributed by atoms with van der Waals surface area (Å²) in [5, 5.41) is 20.7. The molecule has 0 spiro atoms. The fraction of sp³-hybridized carbons (Fsp3) is 0.673. The third-order valence-electron chi connectivity index (χ3n) is 19.6. The first kappa shape index (κ1) is 114. The van der Waals surface area contributed by atoms with Crippen molar-refractivity contribution in [2.75, 3.05) is 39.6 Å². The maximum Gasteiger partial charge on any atom is 0.472 e. The van der Waals surface area contributed by atoms with Crippen molar-refractivity contribution in [3.05, 3.63) is 182 Å². The molecule has 0 aromatic heterocycles. The van der Waals surface area contributed by atoms with Crippen LogP contribution < -0.4 is 0 Å². The first-order valence-electron chi connectivity index (χ1n) is 47.1. The highest BCUT2D eigenvalue weighted by Crippen LogP contribution is 2.45. The van der Waals surface area contributed by atoms with Gasteiger partial charge in [0.2, 0.25) is 0 Å². The Balaban J connectivity index is 4.58. The van der Waals surface area contributed by atoms with E-state index in [2.05, 4.69) is 203 Å². The van der Waals surface area contributed by atoms with E-state index in [0.717, 1.165) is 167 Å². The van der Waals surface area contributed by atoms with Gasteiger partial charge in [-0.05, 0) is 161 Å². The van der Waals surface area contributed by atoms with Crippen LogP contribution in [-0.4, -0.2) is 95.9 Å². The molecule has 5 atom stereocenters. The van der Waals surface area contributed by atoms with Gasteiger partial charge in [0.25, 0.3) is 0 Å². The molecule has 18 heteroatoms. The summed E-state index contributed by atoms with van der Waals surface area (Å²) in [4.78, 5) is 59.0. The number of allylic oxidation sites excluding steroid dienone is 30. The average Bonchev–Trinajstić information content (AvgIpc) is 0.913. The molecule has 0 aromatic carbocycles. The molecule has 16 nitrogen and oxygen atoms in total. The number of unbranched alkanes of at least 4 members (excludes halogenated alkanes) is 35. The Hall–Kier alpha value is -5.35. The lowest BCUT2D eigenvalue weighted by atomic mass is 10.0. The Morgan fingerprint density at radius 2 is 0.445 bits per heavy atom. The van der Waals surface area contributed by atoms with Crippen LogP contribution in [0.3, 0.4) is 0 Å². The Labute approximate surface area is 725 Å². The topological polar surface area (TPSA) is 231 Å². The first-order chi connectivity index (χ1) is 58.2. The molecule has 0 radical (unpaired) electrons. The van der Waals surface area contributed by atoms with Crippen LogP contribution in [0.4, 0.5) is 0 Å². The minimum absolute atomic E-state index is 0.0671. The molecular formula is C101H170O16P2. The monoisotopic (exact) mass is 1700 g/mol. The first-order valence-corrected chi connectivity index (χ1v) is 50.1. The zero-order chi connectivity index (χ0) is 86.5. The molecule has 0 aliphatic rings. The minimum Gasteiger partial charge on any atom is -0.463 e. The number of carbonyl (C=O) groups is 3. The zero-order valence-electron chi connectivity index (χ0n) is 75.0. The third kappa shape index (κ3) is 93.2. The molecule has 0 heterocycles. The van der Waals surface area contributed by atoms with E-state index >= 15 is 0 Å². The summed E-state index contributed by atoms with van der Waals surface area (Å²) in [5.41, 5.74) is 0. The van der Waals surface area contributed by atoms with E-state index in [1.54, 1.807) is 0 Å². The van der Waals surface area contributed by atoms with Gasteiger partial charge in [0, 0.05) is 19.3 Å². The second-order valence-corrected chi connectivity index (χ2v) is 34.0. The molecule has 0 rings (SSSR count). The van der Waals surface area contributed by atoms with Gasteiger partial charge in [-0.1, -0.05) is 383 Å². The molecule has 0 amide bonds. The zero-order valence-corrected chi connectivity index (χ0v) is 76.8. The number of ether oxygens (including phenoxy) is 3. The van der Waals surface area contributed by atoms with Gasteiger partial charge in [0.05, 0.1) is 26.4 Å². The highest BCUT2D eigenvalue weighted by molar-refractivity contribution is 7.47. The Morgan fingerprint density at radius 1 is 0.244 bits per heavy atom. The molecule has 0 aliphatic carbocycles. The van der Waals surface area contributed by atoms with E-state index in [1.165, 1.54) is 154 Å². The van der Waals surface area contributed by atoms with Crippen LogP contribution in [0, 0.1) is 0 Å². The van der Waals surface area contributed by atoms with Crippen LogP contribution in [0.5, 0.6) is 0 Å². The molecule has 680 valence electrons. The van der Waals surface area contributed by atoms with E-state index in [1.807, 2.05) is 0 Å². The number of hydrogen-bond donors (Lipinski definition) is 4. The number of phosphoric ester groups is 2. The van der Waals surface area contributed by atoms with Crippen LogP contribution in [0.15, 0.2) is 182 Å². The van der Waals surface area contributed by atoms with Crippen molar-refractivity contribution < 1.29 is 75.8 Å². The Kier molecular flexibility index (Phi) is 87.7. The molecule has 119 heavy (non-hydrogen) atoms. The molecular weight excluding hydrogens is 1530 g/mol. The van der Waals surface area contributed by atoms with Gasteiger partial charge in [-0.2, -0.15) is 0 Å². The Morgan fingerprint density at radius 3 is 0.706 bits per heavy atom. The van der Waals surface area contributed by atoms with Crippen molar-refractivity contribution in [2.24, 2.45) is 0 Å². The van der Waals surface area contributed by atoms with E-state index in [9.17, 15) is 43.5 Å². The number of aliphatic hydroxyl groups is 2. The molecule has 0 fully saturated rings. The number of esters is 3. The molecule has 0 bridgehead atoms. The highest BCUT2D eigenvalue weighted by Gasteiger charge is 2.29. The number of hydrogen-bond acceptors (Lipinski definition) is 14. The van der Waals surface area contributed by atoms with Crippen LogP contribution >= 0.6 is 15.6 Å². The third-order valence-corrected chi connectivity index (χ3v) is 21.5. The maximum atomic E-state index is 13.1. The molecule has 0 aromatic rings. The quantitative estimate of drug-likeness (QED) is 0.0146. The second-order valence-electron chi connectivity index (χ2n) is 31.0. The van der Waals surface area contributed by atoms with Gasteiger partial charge in [-0.25, -0.2) is 9.13 Å². The SMILES string of the molecule is CC/C=C\C/C=C\C/C=C\C/C=C\C/C=C\C/C=C\CCCCCCC(=O)OC(COC(=O)CCCCCCCCCCC/C=C\C/C=C\C/C=C\C/C=C\C/C=C\CC)COP(=O)(O)OCC(O)COP(=O)(O)OCC(O)COC(=O)CCCCCCCCCCCCCCCCCCCCC/C=C\C/C=C\C/C=C\C/C=C\CCCCC. The smallest absolute Gasteiger partial charge is 0.463 e. The van der Waals surface area contributed by atoms with Crippen molar-refractivity contribution in [2.45, 2.75) is 399 Å². The molecule has 4 N–H and O–H groups in total. The lowest BCUT2D eigenvalue weighted by Crippen LogP contribution is -2.30. The van der Waals surface area contributed by atoms with E-state index in [0.29, 0.717) is 19.3 Å². The van der Waals surface area contributed by atoms with Gasteiger partial charge in [0.1, 0.15) is 25.4 Å². The minimum atomic E-state index is -4.96. The van der Waals surface area contributed by atoms with Gasteiger partial charge in [0.15, 0.2) is 6.10 Å². The summed E-state index contributed by atoms with van der Waals surface area (Å²) in [5.74, 6) is -1.61. The summed E-state index contributed by atoms with van der Waals surface area (Å²) in [6.07, 6.45) is 121. The molecule has 0 aliphatic heterocycles. The van der Waals surface area contributed by atoms with Crippen molar-refractivity contribution in [3.8, 4) is 0 Å². The largest absolute Gasteiger partial charge is 0.472 e. The highest BCUT2D eigenvalue weighted by atomic mass is 31.2. The van der Waals surface area contributed by atoms with Crippen LogP contribution in [-0.2, 0) is 55.8 Å². The fourth-order valence-corrected chi connectivity index (χ4v) is 14.1. The van der Waals surface area contributed by atoms with Gasteiger partial charge >= 0.3 is 33.6 Å². The van der Waals surface area contributed by atoms with E-state index < -0.39 is 91.5 Å². The molecule has 0 saturated heterocycles. The number of carbonyl (C=O) groups excluding carboxylic acids is 3. The van der Waals surface area contributed by atoms with Gasteiger partial charge < -0.3 is 34.2 Å². The van der Waals surface area contributed by atoms with Crippen LogP contribution in [0.1, 0.15) is 380 Å². The number of phosphoric acid groups is 2. The fourth-order valence-electron chi connectivity index (χ4n) is 12.5. The average molecular weight is 1700 g/mol. The van der Waals surface area contributed by atoms with Gasteiger partial charge in [-0.3, -0.25) is 32.5 Å². The lowest BCUT2D eigenvalue weighted by molar-refractivity contribution is -0.161. The van der Waals surface area contributed by atoms with Crippen molar-refractivity contribution in [1.29, 1.82) is 0 Å². The normalized spacial score (nSPS) is 14.6. The van der Waals surface area contributed by atoms with Crippen molar-refractivity contribution in [3.63, 3.8) is 0 Å². The summed E-state index contributed by atoms with van der Waals surface area (Å²) < 4.78 is 61.5. The summed E-state index contributed by atoms with van der Waals surface area (Å²) >= 11 is 0. The van der Waals surface area contributed by atoms with Crippen molar-refractivity contribution >= 4 is 33.6 Å². The molecule has 0 saturated carbocycles. The van der Waals surface area contributed by atoms with E-state index in [-0.39, 0.29) is 19.3 Å². The van der Waals surface area contributed by atoms with Gasteiger partial charge in [-0.15, -0.1) is 0 Å².